The lowest BCUT2D eigenvalue weighted by molar-refractivity contribution is -0.302. The van der Waals surface area contributed by atoms with E-state index in [4.69, 9.17) is 9.47 Å². The van der Waals surface area contributed by atoms with E-state index >= 15 is 0 Å². The Balaban J connectivity index is 2.18. The fourth-order valence-electron chi connectivity index (χ4n) is 8.52. The first-order chi connectivity index (χ1) is 35.3. The molecular weight excluding hydrogens is 899 g/mol. The maximum absolute atomic E-state index is 13.0. The molecule has 6 N–H and O–H groups in total. The Hall–Kier alpha value is -3.15. The Morgan fingerprint density at radius 3 is 1.28 bits per heavy atom. The van der Waals surface area contributed by atoms with Crippen LogP contribution >= 0.6 is 0 Å². The zero-order valence-corrected chi connectivity index (χ0v) is 45.6. The van der Waals surface area contributed by atoms with E-state index < -0.39 is 49.5 Å². The molecule has 0 bridgehead atoms. The molecular formula is C63H107NO8. The Bertz CT molecular complexity index is 1490. The van der Waals surface area contributed by atoms with Gasteiger partial charge in [-0.05, 0) is 83.5 Å². The fourth-order valence-corrected chi connectivity index (χ4v) is 8.52. The molecule has 0 saturated carbocycles. The van der Waals surface area contributed by atoms with Gasteiger partial charge in [0.25, 0.3) is 0 Å². The number of ether oxygens (including phenoxy) is 2. The zero-order valence-electron chi connectivity index (χ0n) is 45.6. The molecule has 1 saturated heterocycles. The summed E-state index contributed by atoms with van der Waals surface area (Å²) in [6.07, 6.45) is 68.6. The minimum absolute atomic E-state index is 0.186. The first-order valence-electron chi connectivity index (χ1n) is 29.1. The number of aliphatic hydroxyl groups excluding tert-OH is 5. The Kier molecular flexibility index (Phi) is 47.7. The quantitative estimate of drug-likeness (QED) is 0.0261. The summed E-state index contributed by atoms with van der Waals surface area (Å²) >= 11 is 0. The largest absolute Gasteiger partial charge is 0.394 e. The number of nitrogens with one attached hydrogen (secondary N) is 1. The second-order valence-corrected chi connectivity index (χ2v) is 19.7. The van der Waals surface area contributed by atoms with Gasteiger partial charge in [-0.2, -0.15) is 0 Å². The predicted molar refractivity (Wildman–Crippen MR) is 304 cm³/mol. The predicted octanol–water partition coefficient (Wildman–Crippen LogP) is 14.6. The van der Waals surface area contributed by atoms with Crippen molar-refractivity contribution in [1.82, 2.24) is 5.32 Å². The highest BCUT2D eigenvalue weighted by molar-refractivity contribution is 5.76. The zero-order chi connectivity index (χ0) is 52.2. The van der Waals surface area contributed by atoms with E-state index in [0.29, 0.717) is 6.42 Å². The molecule has 1 fully saturated rings. The number of carbonyl (C=O) groups excluding carboxylic acids is 1. The Morgan fingerprint density at radius 1 is 0.486 bits per heavy atom. The van der Waals surface area contributed by atoms with Gasteiger partial charge in [0.05, 0.1) is 25.4 Å². The van der Waals surface area contributed by atoms with Gasteiger partial charge in [0.15, 0.2) is 6.29 Å². The standard InChI is InChI=1S/C63H107NO8/c1-3-5-7-9-11-13-15-17-19-20-21-22-23-24-25-26-27-28-29-30-31-32-33-34-35-36-37-38-39-41-43-45-47-49-51-53-59(67)64-56(55-71-63-62(70)61(69)60(68)58(54-65)72-63)57(66)52-50-48-46-44-42-40-18-16-14-12-10-8-6-4-2/h5,7,11,13,17,19,21-22,24-25,27-28,30-31,33-34,50,52,56-58,60-63,65-66,68-70H,3-4,6,8-10,12,14-16,18,20,23,26,29,32,35-49,51,53-55H2,1-2H3,(H,64,67)/b7-5-,13-11-,19-17-,22-21-,25-24-,28-27-,31-30-,34-33-,52-50+. The monoisotopic (exact) mass is 1010 g/mol. The molecule has 7 unspecified atom stereocenters. The van der Waals surface area contributed by atoms with Crippen LogP contribution < -0.4 is 5.32 Å². The molecule has 1 aliphatic heterocycles. The molecule has 0 aromatic rings. The van der Waals surface area contributed by atoms with Gasteiger partial charge >= 0.3 is 0 Å². The molecule has 412 valence electrons. The Morgan fingerprint density at radius 2 is 0.861 bits per heavy atom. The third kappa shape index (κ3) is 40.3. The minimum atomic E-state index is -1.57. The van der Waals surface area contributed by atoms with Crippen LogP contribution in [0.1, 0.15) is 226 Å². The van der Waals surface area contributed by atoms with Crippen molar-refractivity contribution in [3.8, 4) is 0 Å². The van der Waals surface area contributed by atoms with Crippen LogP contribution in [0.5, 0.6) is 0 Å². The number of hydrogen-bond acceptors (Lipinski definition) is 8. The normalized spacial score (nSPS) is 20.0. The third-order valence-corrected chi connectivity index (χ3v) is 13.1. The summed E-state index contributed by atoms with van der Waals surface area (Å²) in [5.74, 6) is -0.186. The number of allylic oxidation sites excluding steroid dienone is 17. The summed E-state index contributed by atoms with van der Waals surface area (Å²) in [6, 6.07) is -0.814. The van der Waals surface area contributed by atoms with E-state index in [9.17, 15) is 30.3 Å². The highest BCUT2D eigenvalue weighted by Gasteiger charge is 2.44. The van der Waals surface area contributed by atoms with Gasteiger partial charge in [-0.3, -0.25) is 4.79 Å². The number of unbranched alkanes of at least 4 members (excludes halogenated alkanes) is 22. The molecule has 1 amide bonds. The maximum Gasteiger partial charge on any atom is 0.220 e. The van der Waals surface area contributed by atoms with Gasteiger partial charge in [-0.15, -0.1) is 0 Å². The second kappa shape index (κ2) is 51.3. The second-order valence-electron chi connectivity index (χ2n) is 19.7. The summed E-state index contributed by atoms with van der Waals surface area (Å²) in [4.78, 5) is 13.0. The van der Waals surface area contributed by atoms with Crippen molar-refractivity contribution in [2.75, 3.05) is 13.2 Å². The van der Waals surface area contributed by atoms with E-state index in [1.165, 1.54) is 103 Å². The first-order valence-corrected chi connectivity index (χ1v) is 29.1. The molecule has 1 heterocycles. The van der Waals surface area contributed by atoms with Gasteiger partial charge < -0.3 is 40.3 Å². The lowest BCUT2D eigenvalue weighted by Gasteiger charge is -2.40. The fraction of sp³-hybridized carbons (Fsp3) is 0.698. The van der Waals surface area contributed by atoms with E-state index in [0.717, 1.165) is 103 Å². The van der Waals surface area contributed by atoms with Crippen LogP contribution in [0.2, 0.25) is 0 Å². The lowest BCUT2D eigenvalue weighted by atomic mass is 9.99. The topological polar surface area (TPSA) is 149 Å². The van der Waals surface area contributed by atoms with Gasteiger partial charge in [-0.25, -0.2) is 0 Å². The number of carbonyl (C=O) groups is 1. The van der Waals surface area contributed by atoms with Crippen LogP contribution in [-0.4, -0.2) is 87.5 Å². The van der Waals surface area contributed by atoms with Gasteiger partial charge in [0.2, 0.25) is 5.91 Å². The molecule has 7 atom stereocenters. The first kappa shape index (κ1) is 66.9. The van der Waals surface area contributed by atoms with E-state index in [1.807, 2.05) is 6.08 Å². The molecule has 72 heavy (non-hydrogen) atoms. The van der Waals surface area contributed by atoms with Crippen LogP contribution in [-0.2, 0) is 14.3 Å². The summed E-state index contributed by atoms with van der Waals surface area (Å²) in [5.41, 5.74) is 0. The van der Waals surface area contributed by atoms with Gasteiger partial charge in [0, 0.05) is 6.42 Å². The number of rotatable bonds is 48. The van der Waals surface area contributed by atoms with Crippen LogP contribution in [0, 0.1) is 0 Å². The summed E-state index contributed by atoms with van der Waals surface area (Å²) < 4.78 is 11.2. The van der Waals surface area contributed by atoms with Gasteiger partial charge in [-0.1, -0.05) is 245 Å². The van der Waals surface area contributed by atoms with Crippen LogP contribution in [0.4, 0.5) is 0 Å². The van der Waals surface area contributed by atoms with Crippen molar-refractivity contribution in [1.29, 1.82) is 0 Å². The number of aliphatic hydroxyl groups is 5. The molecule has 0 aromatic heterocycles. The number of hydrogen-bond donors (Lipinski definition) is 6. The van der Waals surface area contributed by atoms with Crippen LogP contribution in [0.25, 0.3) is 0 Å². The maximum atomic E-state index is 13.0. The highest BCUT2D eigenvalue weighted by Crippen LogP contribution is 2.23. The minimum Gasteiger partial charge on any atom is -0.394 e. The van der Waals surface area contributed by atoms with Crippen molar-refractivity contribution in [3.63, 3.8) is 0 Å². The van der Waals surface area contributed by atoms with Crippen molar-refractivity contribution in [3.05, 3.63) is 109 Å². The molecule has 9 heteroatoms. The molecule has 0 aliphatic carbocycles. The van der Waals surface area contributed by atoms with Gasteiger partial charge in [0.1, 0.15) is 24.4 Å². The van der Waals surface area contributed by atoms with E-state index in [1.54, 1.807) is 6.08 Å². The van der Waals surface area contributed by atoms with Crippen molar-refractivity contribution >= 4 is 5.91 Å². The molecule has 0 radical (unpaired) electrons. The number of amides is 1. The summed E-state index contributed by atoms with van der Waals surface area (Å²) in [7, 11) is 0. The van der Waals surface area contributed by atoms with Crippen LogP contribution in [0.3, 0.4) is 0 Å². The molecule has 0 spiro atoms. The smallest absolute Gasteiger partial charge is 0.220 e. The van der Waals surface area contributed by atoms with Crippen molar-refractivity contribution in [2.24, 2.45) is 0 Å². The van der Waals surface area contributed by atoms with Crippen molar-refractivity contribution in [2.45, 2.75) is 269 Å². The summed E-state index contributed by atoms with van der Waals surface area (Å²) in [6.45, 7) is 3.65. The third-order valence-electron chi connectivity index (χ3n) is 13.1. The van der Waals surface area contributed by atoms with Crippen LogP contribution in [0.15, 0.2) is 109 Å². The SMILES string of the molecule is CC/C=C\C/C=C\C/C=C\C/C=C\C/C=C\C/C=C\C/C=C\C/C=C\CCCCCCCCCCCCC(=O)NC(COC1OC(CO)C(O)C(O)C1O)C(O)/C=C/CCCCCCCCCCCCCC. The molecule has 9 nitrogen and oxygen atoms in total. The molecule has 0 aromatic carbocycles. The molecule has 1 aliphatic rings. The van der Waals surface area contributed by atoms with E-state index in [-0.39, 0.29) is 12.5 Å². The molecule has 1 rings (SSSR count). The van der Waals surface area contributed by atoms with E-state index in [2.05, 4.69) is 116 Å². The summed E-state index contributed by atoms with van der Waals surface area (Å²) in [5, 5.41) is 54.4. The van der Waals surface area contributed by atoms with Crippen molar-refractivity contribution < 1.29 is 39.8 Å². The average molecular weight is 1010 g/mol. The Labute approximate surface area is 440 Å². The highest BCUT2D eigenvalue weighted by atomic mass is 16.7. The average Bonchev–Trinajstić information content (AvgIpc) is 3.38. The lowest BCUT2D eigenvalue weighted by Crippen LogP contribution is -2.60.